The number of hydrogen-bond donors (Lipinski definition) is 1. The summed E-state index contributed by atoms with van der Waals surface area (Å²) >= 11 is 1.79. The van der Waals surface area contributed by atoms with E-state index in [1.807, 2.05) is 12.1 Å². The number of thiophene rings is 1. The molecule has 0 atom stereocenters. The molecule has 0 saturated heterocycles. The van der Waals surface area contributed by atoms with E-state index >= 15 is 0 Å². The molecule has 0 unspecified atom stereocenters. The third-order valence-corrected chi connectivity index (χ3v) is 4.91. The molecule has 0 radical (unpaired) electrons. The number of aromatic nitrogens is 3. The molecule has 5 nitrogen and oxygen atoms in total. The summed E-state index contributed by atoms with van der Waals surface area (Å²) in [6, 6.07) is 3.77. The summed E-state index contributed by atoms with van der Waals surface area (Å²) in [6.45, 7) is 0. The van der Waals surface area contributed by atoms with Crippen molar-refractivity contribution in [2.75, 3.05) is 12.4 Å². The molecule has 0 fully saturated rings. The second-order valence-electron chi connectivity index (χ2n) is 4.97. The minimum atomic E-state index is 0.602. The van der Waals surface area contributed by atoms with Crippen molar-refractivity contribution in [1.29, 1.82) is 0 Å². The Morgan fingerprint density at radius 1 is 1.19 bits per heavy atom. The minimum Gasteiger partial charge on any atom is -0.481 e. The smallest absolute Gasteiger partial charge is 0.213 e. The number of nitrogens with one attached hydrogen (secondary N) is 1. The Balaban J connectivity index is 1.75. The lowest BCUT2D eigenvalue weighted by Gasteiger charge is -2.07. The highest BCUT2D eigenvalue weighted by atomic mass is 32.1. The molecule has 0 aromatic carbocycles. The average Bonchev–Trinajstić information content (AvgIpc) is 3.09. The van der Waals surface area contributed by atoms with Crippen LogP contribution in [-0.2, 0) is 12.8 Å². The van der Waals surface area contributed by atoms with Gasteiger partial charge in [0, 0.05) is 10.9 Å². The van der Waals surface area contributed by atoms with Gasteiger partial charge < -0.3 is 10.1 Å². The summed E-state index contributed by atoms with van der Waals surface area (Å²) in [5.41, 5.74) is 2.31. The van der Waals surface area contributed by atoms with Crippen LogP contribution >= 0.6 is 11.3 Å². The summed E-state index contributed by atoms with van der Waals surface area (Å²) in [5, 5.41) is 4.52. The van der Waals surface area contributed by atoms with Crippen LogP contribution in [0.4, 0.5) is 11.5 Å². The third-order valence-electron chi connectivity index (χ3n) is 3.71. The maximum absolute atomic E-state index is 5.07. The number of methoxy groups -OCH3 is 1. The predicted octanol–water partition coefficient (Wildman–Crippen LogP) is 3.33. The molecule has 1 N–H and O–H groups in total. The standard InChI is InChI=1S/C15H14N4OS/c1-20-12-6-5-9(7-16-12)19-14-13-10-3-2-4-11(10)21-15(13)18-8-17-14/h5-8H,2-4H2,1H3,(H,17,18,19). The Morgan fingerprint density at radius 2 is 2.14 bits per heavy atom. The van der Waals surface area contributed by atoms with Crippen molar-refractivity contribution in [2.45, 2.75) is 19.3 Å². The fraction of sp³-hybridized carbons (Fsp3) is 0.267. The molecule has 0 saturated carbocycles. The molecule has 3 aromatic heterocycles. The fourth-order valence-electron chi connectivity index (χ4n) is 2.74. The highest BCUT2D eigenvalue weighted by molar-refractivity contribution is 7.19. The maximum Gasteiger partial charge on any atom is 0.213 e. The molecule has 6 heteroatoms. The van der Waals surface area contributed by atoms with Crippen molar-refractivity contribution < 1.29 is 4.74 Å². The maximum atomic E-state index is 5.07. The summed E-state index contributed by atoms with van der Waals surface area (Å²) < 4.78 is 5.07. The summed E-state index contributed by atoms with van der Waals surface area (Å²) in [5.74, 6) is 1.47. The number of rotatable bonds is 3. The first-order valence-corrected chi connectivity index (χ1v) is 7.69. The molecule has 1 aliphatic carbocycles. The van der Waals surface area contributed by atoms with Crippen LogP contribution in [0.15, 0.2) is 24.7 Å². The van der Waals surface area contributed by atoms with Gasteiger partial charge in [-0.3, -0.25) is 0 Å². The van der Waals surface area contributed by atoms with Gasteiger partial charge in [0.25, 0.3) is 0 Å². The molecule has 0 bridgehead atoms. The first-order chi connectivity index (χ1) is 10.3. The molecular weight excluding hydrogens is 284 g/mol. The normalized spacial score (nSPS) is 13.4. The first-order valence-electron chi connectivity index (χ1n) is 6.87. The quantitative estimate of drug-likeness (QED) is 0.803. The number of fused-ring (bicyclic) bond motifs is 3. The van der Waals surface area contributed by atoms with Crippen molar-refractivity contribution in [2.24, 2.45) is 0 Å². The van der Waals surface area contributed by atoms with E-state index in [1.54, 1.807) is 31.0 Å². The topological polar surface area (TPSA) is 59.9 Å². The van der Waals surface area contributed by atoms with Crippen LogP contribution in [-0.4, -0.2) is 22.1 Å². The molecule has 21 heavy (non-hydrogen) atoms. The monoisotopic (exact) mass is 298 g/mol. The van der Waals surface area contributed by atoms with Crippen LogP contribution in [0.3, 0.4) is 0 Å². The van der Waals surface area contributed by atoms with E-state index in [9.17, 15) is 0 Å². The molecule has 0 aliphatic heterocycles. The van der Waals surface area contributed by atoms with Crippen LogP contribution < -0.4 is 10.1 Å². The molecule has 1 aliphatic rings. The van der Waals surface area contributed by atoms with Crippen molar-refractivity contribution >= 4 is 33.1 Å². The van der Waals surface area contributed by atoms with Crippen LogP contribution in [0.1, 0.15) is 16.9 Å². The lowest BCUT2D eigenvalue weighted by atomic mass is 10.2. The fourth-order valence-corrected chi connectivity index (χ4v) is 3.96. The zero-order valence-electron chi connectivity index (χ0n) is 11.6. The van der Waals surface area contributed by atoms with Gasteiger partial charge in [0.1, 0.15) is 17.0 Å². The number of anilines is 2. The lowest BCUT2D eigenvalue weighted by molar-refractivity contribution is 0.398. The molecule has 0 amide bonds. The number of aryl methyl sites for hydroxylation is 2. The Bertz CT molecular complexity index is 797. The summed E-state index contributed by atoms with van der Waals surface area (Å²) in [7, 11) is 1.61. The largest absolute Gasteiger partial charge is 0.481 e. The van der Waals surface area contributed by atoms with E-state index in [1.165, 1.54) is 28.7 Å². The van der Waals surface area contributed by atoms with Crippen molar-refractivity contribution in [3.05, 3.63) is 35.1 Å². The zero-order valence-corrected chi connectivity index (χ0v) is 12.4. The van der Waals surface area contributed by atoms with Gasteiger partial charge in [0.05, 0.1) is 24.4 Å². The van der Waals surface area contributed by atoms with Gasteiger partial charge in [0.15, 0.2) is 0 Å². The van der Waals surface area contributed by atoms with E-state index in [0.29, 0.717) is 5.88 Å². The van der Waals surface area contributed by atoms with Crippen LogP contribution in [0.25, 0.3) is 10.2 Å². The van der Waals surface area contributed by atoms with E-state index in [0.717, 1.165) is 22.8 Å². The van der Waals surface area contributed by atoms with Gasteiger partial charge in [-0.25, -0.2) is 15.0 Å². The highest BCUT2D eigenvalue weighted by Crippen LogP contribution is 2.39. The van der Waals surface area contributed by atoms with Gasteiger partial charge in [-0.1, -0.05) is 0 Å². The highest BCUT2D eigenvalue weighted by Gasteiger charge is 2.21. The average molecular weight is 298 g/mol. The van der Waals surface area contributed by atoms with Gasteiger partial charge >= 0.3 is 0 Å². The Kier molecular flexibility index (Phi) is 2.96. The number of pyridine rings is 1. The Morgan fingerprint density at radius 3 is 2.95 bits per heavy atom. The van der Waals surface area contributed by atoms with E-state index in [2.05, 4.69) is 20.3 Å². The number of ether oxygens (including phenoxy) is 1. The van der Waals surface area contributed by atoms with Crippen LogP contribution in [0, 0.1) is 0 Å². The minimum absolute atomic E-state index is 0.602. The SMILES string of the molecule is COc1ccc(Nc2ncnc3sc4c(c23)CCC4)cn1. The van der Waals surface area contributed by atoms with Gasteiger partial charge in [-0.2, -0.15) is 0 Å². The molecular formula is C15H14N4OS. The second-order valence-corrected chi connectivity index (χ2v) is 6.06. The van der Waals surface area contributed by atoms with Crippen molar-refractivity contribution in [1.82, 2.24) is 15.0 Å². The van der Waals surface area contributed by atoms with E-state index in [4.69, 9.17) is 4.74 Å². The second kappa shape index (κ2) is 4.96. The predicted molar refractivity (Wildman–Crippen MR) is 83.5 cm³/mol. The van der Waals surface area contributed by atoms with Crippen LogP contribution in [0.2, 0.25) is 0 Å². The molecule has 4 rings (SSSR count). The molecule has 3 aromatic rings. The first kappa shape index (κ1) is 12.5. The van der Waals surface area contributed by atoms with E-state index in [-0.39, 0.29) is 0 Å². The van der Waals surface area contributed by atoms with Crippen LogP contribution in [0.5, 0.6) is 5.88 Å². The summed E-state index contributed by atoms with van der Waals surface area (Å²) in [4.78, 5) is 15.6. The Hall–Kier alpha value is -2.21. The molecule has 0 spiro atoms. The van der Waals surface area contributed by atoms with Gasteiger partial charge in [-0.05, 0) is 30.9 Å². The van der Waals surface area contributed by atoms with Gasteiger partial charge in [-0.15, -0.1) is 11.3 Å². The zero-order chi connectivity index (χ0) is 14.2. The van der Waals surface area contributed by atoms with Gasteiger partial charge in [0.2, 0.25) is 5.88 Å². The number of hydrogen-bond acceptors (Lipinski definition) is 6. The lowest BCUT2D eigenvalue weighted by Crippen LogP contribution is -1.97. The van der Waals surface area contributed by atoms with Crippen molar-refractivity contribution in [3.63, 3.8) is 0 Å². The van der Waals surface area contributed by atoms with Crippen molar-refractivity contribution in [3.8, 4) is 5.88 Å². The number of nitrogens with zero attached hydrogens (tertiary/aromatic N) is 3. The molecule has 106 valence electrons. The summed E-state index contributed by atoms with van der Waals surface area (Å²) in [6.07, 6.45) is 6.89. The Labute approximate surface area is 126 Å². The third kappa shape index (κ3) is 2.12. The molecule has 3 heterocycles. The van der Waals surface area contributed by atoms with E-state index < -0.39 is 0 Å².